The molecule has 6 nitrogen and oxygen atoms in total. The van der Waals surface area contributed by atoms with Gasteiger partial charge in [0, 0.05) is 11.4 Å². The Morgan fingerprint density at radius 3 is 2.45 bits per heavy atom. The van der Waals surface area contributed by atoms with Crippen molar-refractivity contribution in [3.8, 4) is 0 Å². The predicted molar refractivity (Wildman–Crippen MR) is 75.6 cm³/mol. The van der Waals surface area contributed by atoms with E-state index in [1.54, 1.807) is 6.07 Å². The smallest absolute Gasteiger partial charge is 0.356 e. The van der Waals surface area contributed by atoms with Crippen LogP contribution in [0.3, 0.4) is 0 Å². The Balaban J connectivity index is 2.34. The van der Waals surface area contributed by atoms with E-state index in [1.165, 1.54) is 24.9 Å². The van der Waals surface area contributed by atoms with Crippen LogP contribution in [0.1, 0.15) is 21.9 Å². The molecule has 0 spiro atoms. The van der Waals surface area contributed by atoms with Gasteiger partial charge in [0.15, 0.2) is 5.16 Å². The number of hydrogen-bond acceptors (Lipinski definition) is 7. The first-order valence-corrected chi connectivity index (χ1v) is 6.66. The van der Waals surface area contributed by atoms with Gasteiger partial charge < -0.3 is 10.5 Å². The van der Waals surface area contributed by atoms with Crippen LogP contribution in [0.25, 0.3) is 0 Å². The zero-order chi connectivity index (χ0) is 14.7. The minimum Gasteiger partial charge on any atom is -0.464 e. The topological polar surface area (TPSA) is 91.0 Å². The molecular formula is C13H14N4O2S. The Morgan fingerprint density at radius 2 is 1.85 bits per heavy atom. The summed E-state index contributed by atoms with van der Waals surface area (Å²) in [6.07, 6.45) is 0. The Kier molecular flexibility index (Phi) is 4.19. The van der Waals surface area contributed by atoms with Crippen LogP contribution >= 0.6 is 11.8 Å². The molecule has 0 aliphatic carbocycles. The third-order valence-electron chi connectivity index (χ3n) is 2.43. The van der Waals surface area contributed by atoms with E-state index in [-0.39, 0.29) is 5.69 Å². The van der Waals surface area contributed by atoms with E-state index in [2.05, 4.69) is 19.7 Å². The molecule has 0 bridgehead atoms. The molecule has 2 rings (SSSR count). The highest BCUT2D eigenvalue weighted by Crippen LogP contribution is 2.28. The standard InChI is InChI=1S/C13H14N4O2S/c1-7-6-8(2)16-13(15-7)20-11-9(14)4-5-10(17-11)12(18)19-3/h4-6H,14H2,1-3H3. The van der Waals surface area contributed by atoms with Gasteiger partial charge in [0.1, 0.15) is 10.7 Å². The van der Waals surface area contributed by atoms with E-state index >= 15 is 0 Å². The first-order chi connectivity index (χ1) is 9.49. The molecule has 0 fully saturated rings. The fraction of sp³-hybridized carbons (Fsp3) is 0.231. The van der Waals surface area contributed by atoms with E-state index in [1.807, 2.05) is 19.9 Å². The number of rotatable bonds is 3. The Labute approximate surface area is 120 Å². The van der Waals surface area contributed by atoms with Crippen LogP contribution in [0.2, 0.25) is 0 Å². The zero-order valence-electron chi connectivity index (χ0n) is 11.4. The summed E-state index contributed by atoms with van der Waals surface area (Å²) in [4.78, 5) is 24.3. The van der Waals surface area contributed by atoms with Gasteiger partial charge in [0.2, 0.25) is 0 Å². The third kappa shape index (κ3) is 3.24. The molecule has 2 aromatic rings. The molecule has 0 unspecified atom stereocenters. The van der Waals surface area contributed by atoms with Crippen molar-refractivity contribution < 1.29 is 9.53 Å². The largest absolute Gasteiger partial charge is 0.464 e. The number of pyridine rings is 1. The quantitative estimate of drug-likeness (QED) is 0.683. The average Bonchev–Trinajstić information content (AvgIpc) is 2.39. The lowest BCUT2D eigenvalue weighted by molar-refractivity contribution is 0.0593. The van der Waals surface area contributed by atoms with Gasteiger partial charge >= 0.3 is 5.97 Å². The summed E-state index contributed by atoms with van der Waals surface area (Å²) >= 11 is 1.22. The number of nitrogens with zero attached hydrogens (tertiary/aromatic N) is 3. The lowest BCUT2D eigenvalue weighted by Gasteiger charge is -2.06. The van der Waals surface area contributed by atoms with E-state index in [0.717, 1.165) is 11.4 Å². The highest BCUT2D eigenvalue weighted by atomic mass is 32.2. The van der Waals surface area contributed by atoms with Crippen molar-refractivity contribution in [3.05, 3.63) is 35.3 Å². The first kappa shape index (κ1) is 14.3. The maximum Gasteiger partial charge on any atom is 0.356 e. The van der Waals surface area contributed by atoms with Crippen LogP contribution < -0.4 is 5.73 Å². The van der Waals surface area contributed by atoms with Gasteiger partial charge in [-0.3, -0.25) is 0 Å². The number of carbonyl (C=O) groups is 1. The molecule has 0 radical (unpaired) electrons. The summed E-state index contributed by atoms with van der Waals surface area (Å²) in [7, 11) is 1.31. The summed E-state index contributed by atoms with van der Waals surface area (Å²) in [6, 6.07) is 5.02. The van der Waals surface area contributed by atoms with E-state index < -0.39 is 5.97 Å². The van der Waals surface area contributed by atoms with Crippen molar-refractivity contribution in [2.45, 2.75) is 24.0 Å². The monoisotopic (exact) mass is 290 g/mol. The molecule has 2 aromatic heterocycles. The molecule has 2 heterocycles. The number of carbonyl (C=O) groups excluding carboxylic acids is 1. The Morgan fingerprint density at radius 1 is 1.20 bits per heavy atom. The first-order valence-electron chi connectivity index (χ1n) is 5.84. The van der Waals surface area contributed by atoms with Crippen LogP contribution in [-0.4, -0.2) is 28.0 Å². The van der Waals surface area contributed by atoms with Gasteiger partial charge in [-0.25, -0.2) is 19.7 Å². The third-order valence-corrected chi connectivity index (χ3v) is 3.32. The highest BCUT2D eigenvalue weighted by Gasteiger charge is 2.13. The maximum absolute atomic E-state index is 11.5. The highest BCUT2D eigenvalue weighted by molar-refractivity contribution is 7.99. The number of nitrogens with two attached hydrogens (primary N) is 1. The molecule has 0 aromatic carbocycles. The number of hydrogen-bond donors (Lipinski definition) is 1. The predicted octanol–water partition coefficient (Wildman–Crippen LogP) is 2.01. The molecular weight excluding hydrogens is 276 g/mol. The van der Waals surface area contributed by atoms with Gasteiger partial charge in [-0.1, -0.05) is 0 Å². The van der Waals surface area contributed by atoms with Crippen LogP contribution in [0.15, 0.2) is 28.4 Å². The normalized spacial score (nSPS) is 10.3. The Hall–Kier alpha value is -2.15. The molecule has 0 aliphatic heterocycles. The zero-order valence-corrected chi connectivity index (χ0v) is 12.2. The fourth-order valence-electron chi connectivity index (χ4n) is 1.58. The minimum atomic E-state index is -0.506. The van der Waals surface area contributed by atoms with Crippen LogP contribution in [0.4, 0.5) is 5.69 Å². The number of aryl methyl sites for hydroxylation is 2. The van der Waals surface area contributed by atoms with E-state index in [0.29, 0.717) is 15.9 Å². The molecule has 2 N–H and O–H groups in total. The van der Waals surface area contributed by atoms with Gasteiger partial charge in [0.25, 0.3) is 0 Å². The van der Waals surface area contributed by atoms with Gasteiger partial charge in [-0.2, -0.15) is 0 Å². The van der Waals surface area contributed by atoms with Crippen molar-refractivity contribution in [1.82, 2.24) is 15.0 Å². The summed E-state index contributed by atoms with van der Waals surface area (Å²) in [6.45, 7) is 3.78. The number of anilines is 1. The molecule has 0 amide bonds. The molecule has 0 saturated heterocycles. The average molecular weight is 290 g/mol. The van der Waals surface area contributed by atoms with Crippen molar-refractivity contribution >= 4 is 23.4 Å². The fourth-order valence-corrected chi connectivity index (χ4v) is 2.46. The number of nitrogen functional groups attached to an aromatic ring is 1. The second-order valence-electron chi connectivity index (χ2n) is 4.12. The molecule has 20 heavy (non-hydrogen) atoms. The molecule has 0 atom stereocenters. The van der Waals surface area contributed by atoms with E-state index in [4.69, 9.17) is 5.73 Å². The lowest BCUT2D eigenvalue weighted by atomic mass is 10.3. The SMILES string of the molecule is COC(=O)c1ccc(N)c(Sc2nc(C)cc(C)n2)n1. The van der Waals surface area contributed by atoms with Gasteiger partial charge in [-0.15, -0.1) is 0 Å². The van der Waals surface area contributed by atoms with Gasteiger partial charge in [0.05, 0.1) is 12.8 Å². The van der Waals surface area contributed by atoms with Crippen molar-refractivity contribution in [2.24, 2.45) is 0 Å². The molecule has 104 valence electrons. The molecule has 0 saturated carbocycles. The second kappa shape index (κ2) is 5.87. The van der Waals surface area contributed by atoms with Crippen LogP contribution in [-0.2, 0) is 4.74 Å². The Bertz CT molecular complexity index is 641. The summed E-state index contributed by atoms with van der Waals surface area (Å²) in [5.74, 6) is -0.506. The summed E-state index contributed by atoms with van der Waals surface area (Å²) < 4.78 is 4.64. The summed E-state index contributed by atoms with van der Waals surface area (Å²) in [5.41, 5.74) is 8.26. The van der Waals surface area contributed by atoms with Crippen LogP contribution in [0.5, 0.6) is 0 Å². The minimum absolute atomic E-state index is 0.202. The number of methoxy groups -OCH3 is 1. The van der Waals surface area contributed by atoms with Gasteiger partial charge in [-0.05, 0) is 43.8 Å². The number of ether oxygens (including phenoxy) is 1. The number of aromatic nitrogens is 3. The second-order valence-corrected chi connectivity index (χ2v) is 5.07. The number of esters is 1. The summed E-state index contributed by atoms with van der Waals surface area (Å²) in [5, 5.41) is 1.03. The van der Waals surface area contributed by atoms with Crippen LogP contribution in [0, 0.1) is 13.8 Å². The molecule has 7 heteroatoms. The van der Waals surface area contributed by atoms with E-state index in [9.17, 15) is 4.79 Å². The molecule has 0 aliphatic rings. The van der Waals surface area contributed by atoms with Crippen molar-refractivity contribution in [3.63, 3.8) is 0 Å². The maximum atomic E-state index is 11.5. The lowest BCUT2D eigenvalue weighted by Crippen LogP contribution is -2.06. The van der Waals surface area contributed by atoms with Crippen molar-refractivity contribution in [1.29, 1.82) is 0 Å². The van der Waals surface area contributed by atoms with Crippen molar-refractivity contribution in [2.75, 3.05) is 12.8 Å².